The summed E-state index contributed by atoms with van der Waals surface area (Å²) < 4.78 is 26.4. The smallest absolute Gasteiger partial charge is 0.123 e. The van der Waals surface area contributed by atoms with Gasteiger partial charge in [0.1, 0.15) is 11.6 Å². The highest BCUT2D eigenvalue weighted by Gasteiger charge is 2.14. The Hall–Kier alpha value is -1.74. The molecule has 2 aromatic rings. The molecule has 2 aromatic carbocycles. The van der Waals surface area contributed by atoms with Crippen LogP contribution in [0, 0.1) is 18.6 Å². The van der Waals surface area contributed by atoms with Gasteiger partial charge in [0.25, 0.3) is 0 Å². The van der Waals surface area contributed by atoms with Gasteiger partial charge in [0.05, 0.1) is 6.61 Å². The zero-order chi connectivity index (χ0) is 13.8. The van der Waals surface area contributed by atoms with E-state index >= 15 is 0 Å². The fourth-order valence-corrected chi connectivity index (χ4v) is 2.17. The average molecular weight is 262 g/mol. The summed E-state index contributed by atoms with van der Waals surface area (Å²) in [7, 11) is 0. The number of hydrogen-bond donors (Lipinski definition) is 1. The Kier molecular flexibility index (Phi) is 4.27. The molecular weight excluding hydrogens is 246 g/mol. The summed E-state index contributed by atoms with van der Waals surface area (Å²) in [6, 6.07) is 10.8. The topological polar surface area (TPSA) is 20.2 Å². The van der Waals surface area contributed by atoms with Crippen molar-refractivity contribution in [3.8, 4) is 0 Å². The Bertz CT molecular complexity index is 566. The van der Waals surface area contributed by atoms with Crippen molar-refractivity contribution in [1.29, 1.82) is 0 Å². The van der Waals surface area contributed by atoms with Crippen LogP contribution >= 0.6 is 0 Å². The predicted octanol–water partition coefficient (Wildman–Crippen LogP) is 3.59. The standard InChI is InChI=1S/C16H16F2O/c1-11-5-6-16(18)9-13(11)7-14(10-19)12-3-2-4-15(17)8-12/h2-6,8-9,14,19H,7,10H2,1H3. The molecule has 3 heteroatoms. The number of rotatable bonds is 4. The predicted molar refractivity (Wildman–Crippen MR) is 71.1 cm³/mol. The maximum absolute atomic E-state index is 13.2. The van der Waals surface area contributed by atoms with E-state index in [0.29, 0.717) is 6.42 Å². The van der Waals surface area contributed by atoms with Gasteiger partial charge < -0.3 is 5.11 Å². The number of aliphatic hydroxyl groups is 1. The number of hydrogen-bond acceptors (Lipinski definition) is 1. The lowest BCUT2D eigenvalue weighted by molar-refractivity contribution is 0.264. The van der Waals surface area contributed by atoms with E-state index < -0.39 is 0 Å². The number of aryl methyl sites for hydroxylation is 1. The quantitative estimate of drug-likeness (QED) is 0.892. The Balaban J connectivity index is 2.26. The molecule has 0 aliphatic carbocycles. The zero-order valence-electron chi connectivity index (χ0n) is 10.7. The number of halogens is 2. The zero-order valence-corrected chi connectivity index (χ0v) is 10.7. The fraction of sp³-hybridized carbons (Fsp3) is 0.250. The van der Waals surface area contributed by atoms with Crippen LogP contribution in [0.2, 0.25) is 0 Å². The maximum atomic E-state index is 13.2. The van der Waals surface area contributed by atoms with Gasteiger partial charge in [-0.3, -0.25) is 0 Å². The van der Waals surface area contributed by atoms with Gasteiger partial charge in [-0.05, 0) is 54.3 Å². The molecule has 0 amide bonds. The van der Waals surface area contributed by atoms with E-state index in [4.69, 9.17) is 0 Å². The molecule has 0 spiro atoms. The van der Waals surface area contributed by atoms with E-state index in [0.717, 1.165) is 16.7 Å². The van der Waals surface area contributed by atoms with E-state index in [1.165, 1.54) is 24.3 Å². The highest BCUT2D eigenvalue weighted by molar-refractivity contribution is 5.30. The molecule has 0 fully saturated rings. The second-order valence-electron chi connectivity index (χ2n) is 4.71. The molecule has 0 aromatic heterocycles. The first-order valence-electron chi connectivity index (χ1n) is 6.21. The first-order chi connectivity index (χ1) is 9.10. The lowest BCUT2D eigenvalue weighted by Crippen LogP contribution is -2.09. The molecule has 19 heavy (non-hydrogen) atoms. The monoisotopic (exact) mass is 262 g/mol. The summed E-state index contributed by atoms with van der Waals surface area (Å²) in [6.07, 6.45) is 0.490. The number of aliphatic hydroxyl groups excluding tert-OH is 1. The minimum absolute atomic E-state index is 0.0978. The van der Waals surface area contributed by atoms with Crippen molar-refractivity contribution < 1.29 is 13.9 Å². The highest BCUT2D eigenvalue weighted by atomic mass is 19.1. The summed E-state index contributed by atoms with van der Waals surface area (Å²) in [5, 5.41) is 9.48. The van der Waals surface area contributed by atoms with Crippen molar-refractivity contribution in [2.45, 2.75) is 19.3 Å². The number of benzene rings is 2. The Morgan fingerprint density at radius 2 is 1.79 bits per heavy atom. The highest BCUT2D eigenvalue weighted by Crippen LogP contribution is 2.23. The van der Waals surface area contributed by atoms with Crippen LogP contribution in [-0.4, -0.2) is 11.7 Å². The van der Waals surface area contributed by atoms with Crippen molar-refractivity contribution in [2.75, 3.05) is 6.61 Å². The first kappa shape index (κ1) is 13.7. The van der Waals surface area contributed by atoms with Gasteiger partial charge in [-0.25, -0.2) is 8.78 Å². The third kappa shape index (κ3) is 3.38. The van der Waals surface area contributed by atoms with E-state index in [1.54, 1.807) is 18.2 Å². The van der Waals surface area contributed by atoms with Crippen LogP contribution < -0.4 is 0 Å². The molecule has 2 rings (SSSR count). The van der Waals surface area contributed by atoms with Gasteiger partial charge >= 0.3 is 0 Å². The molecule has 0 saturated carbocycles. The molecule has 0 heterocycles. The van der Waals surface area contributed by atoms with E-state index in [-0.39, 0.29) is 24.2 Å². The SMILES string of the molecule is Cc1ccc(F)cc1CC(CO)c1cccc(F)c1. The first-order valence-corrected chi connectivity index (χ1v) is 6.21. The molecule has 1 N–H and O–H groups in total. The van der Waals surface area contributed by atoms with Gasteiger partial charge in [-0.1, -0.05) is 18.2 Å². The summed E-state index contributed by atoms with van der Waals surface area (Å²) in [4.78, 5) is 0. The Labute approximate surface area is 111 Å². The van der Waals surface area contributed by atoms with Crippen molar-refractivity contribution >= 4 is 0 Å². The molecule has 0 bridgehead atoms. The molecule has 0 aliphatic heterocycles. The fourth-order valence-electron chi connectivity index (χ4n) is 2.17. The minimum Gasteiger partial charge on any atom is -0.396 e. The van der Waals surface area contributed by atoms with Crippen LogP contribution in [0.4, 0.5) is 8.78 Å². The van der Waals surface area contributed by atoms with Crippen molar-refractivity contribution in [1.82, 2.24) is 0 Å². The molecule has 0 aliphatic rings. The maximum Gasteiger partial charge on any atom is 0.123 e. The summed E-state index contributed by atoms with van der Waals surface area (Å²) in [5.41, 5.74) is 2.53. The average Bonchev–Trinajstić information content (AvgIpc) is 2.39. The Morgan fingerprint density at radius 3 is 2.47 bits per heavy atom. The van der Waals surface area contributed by atoms with Crippen LogP contribution in [0.15, 0.2) is 42.5 Å². The third-order valence-corrected chi connectivity index (χ3v) is 3.32. The van der Waals surface area contributed by atoms with Gasteiger partial charge in [-0.2, -0.15) is 0 Å². The van der Waals surface area contributed by atoms with Gasteiger partial charge in [0.2, 0.25) is 0 Å². The summed E-state index contributed by atoms with van der Waals surface area (Å²) in [5.74, 6) is -0.848. The van der Waals surface area contributed by atoms with E-state index in [9.17, 15) is 13.9 Å². The molecule has 0 radical (unpaired) electrons. The van der Waals surface area contributed by atoms with Crippen LogP contribution in [0.25, 0.3) is 0 Å². The minimum atomic E-state index is -0.327. The second-order valence-corrected chi connectivity index (χ2v) is 4.71. The van der Waals surface area contributed by atoms with Crippen molar-refractivity contribution in [3.05, 3.63) is 70.8 Å². The lowest BCUT2D eigenvalue weighted by Gasteiger charge is -2.16. The van der Waals surface area contributed by atoms with Gasteiger partial charge in [0, 0.05) is 5.92 Å². The van der Waals surface area contributed by atoms with E-state index in [2.05, 4.69) is 0 Å². The Morgan fingerprint density at radius 1 is 1.05 bits per heavy atom. The second kappa shape index (κ2) is 5.93. The third-order valence-electron chi connectivity index (χ3n) is 3.32. The molecular formula is C16H16F2O. The van der Waals surface area contributed by atoms with Gasteiger partial charge in [-0.15, -0.1) is 0 Å². The summed E-state index contributed by atoms with van der Waals surface area (Å²) >= 11 is 0. The van der Waals surface area contributed by atoms with Crippen molar-refractivity contribution in [3.63, 3.8) is 0 Å². The van der Waals surface area contributed by atoms with Crippen molar-refractivity contribution in [2.24, 2.45) is 0 Å². The largest absolute Gasteiger partial charge is 0.396 e. The molecule has 0 saturated heterocycles. The molecule has 1 unspecified atom stereocenters. The molecule has 1 nitrogen and oxygen atoms in total. The van der Waals surface area contributed by atoms with Crippen LogP contribution in [0.1, 0.15) is 22.6 Å². The molecule has 1 atom stereocenters. The summed E-state index contributed by atoms with van der Waals surface area (Å²) in [6.45, 7) is 1.80. The van der Waals surface area contributed by atoms with E-state index in [1.807, 2.05) is 6.92 Å². The lowest BCUT2D eigenvalue weighted by atomic mass is 9.91. The van der Waals surface area contributed by atoms with Crippen LogP contribution in [0.5, 0.6) is 0 Å². The van der Waals surface area contributed by atoms with Gasteiger partial charge in [0.15, 0.2) is 0 Å². The van der Waals surface area contributed by atoms with Crippen LogP contribution in [-0.2, 0) is 6.42 Å². The normalized spacial score (nSPS) is 12.4. The molecule has 100 valence electrons. The van der Waals surface area contributed by atoms with Crippen LogP contribution in [0.3, 0.4) is 0 Å².